The van der Waals surface area contributed by atoms with E-state index < -0.39 is 10.0 Å². The molecular formula is C22H29ClN4O4S. The second-order valence-electron chi connectivity index (χ2n) is 8.56. The molecular weight excluding hydrogens is 452 g/mol. The molecule has 0 radical (unpaired) electrons. The fourth-order valence-electron chi connectivity index (χ4n) is 4.42. The van der Waals surface area contributed by atoms with E-state index in [0.717, 1.165) is 31.0 Å². The SMILES string of the molecule is CCn1c(CN2Cc3ccc(Cl)cc3C2)ncc(OCC2CCN(S(C)(=O)=O)CC2)c1=O. The molecule has 4 rings (SSSR count). The fraction of sp³-hybridized carbons (Fsp3) is 0.545. The number of halogens is 1. The topological polar surface area (TPSA) is 84.7 Å². The molecule has 10 heteroatoms. The van der Waals surface area contributed by atoms with E-state index in [4.69, 9.17) is 16.3 Å². The van der Waals surface area contributed by atoms with Gasteiger partial charge in [-0.25, -0.2) is 17.7 Å². The van der Waals surface area contributed by atoms with Crippen LogP contribution in [0.4, 0.5) is 0 Å². The number of benzene rings is 1. The number of sulfonamides is 1. The Morgan fingerprint density at radius 2 is 1.91 bits per heavy atom. The first-order chi connectivity index (χ1) is 15.2. The Morgan fingerprint density at radius 3 is 2.59 bits per heavy atom. The van der Waals surface area contributed by atoms with Crippen molar-refractivity contribution in [3.05, 3.63) is 56.7 Å². The third kappa shape index (κ3) is 5.17. The van der Waals surface area contributed by atoms with E-state index >= 15 is 0 Å². The van der Waals surface area contributed by atoms with Crippen LogP contribution in [0.15, 0.2) is 29.2 Å². The van der Waals surface area contributed by atoms with Crippen LogP contribution in [0, 0.1) is 5.92 Å². The summed E-state index contributed by atoms with van der Waals surface area (Å²) < 4.78 is 32.3. The summed E-state index contributed by atoms with van der Waals surface area (Å²) >= 11 is 6.11. The normalized spacial score (nSPS) is 18.1. The predicted octanol–water partition coefficient (Wildman–Crippen LogP) is 2.48. The van der Waals surface area contributed by atoms with Crippen LogP contribution in [-0.2, 0) is 36.2 Å². The van der Waals surface area contributed by atoms with Crippen LogP contribution in [0.5, 0.6) is 5.75 Å². The summed E-state index contributed by atoms with van der Waals surface area (Å²) in [5, 5.41) is 0.734. The van der Waals surface area contributed by atoms with Gasteiger partial charge in [0.1, 0.15) is 5.82 Å². The van der Waals surface area contributed by atoms with Gasteiger partial charge in [-0.1, -0.05) is 17.7 Å². The highest BCUT2D eigenvalue weighted by Gasteiger charge is 2.26. The van der Waals surface area contributed by atoms with Crippen molar-refractivity contribution < 1.29 is 13.2 Å². The van der Waals surface area contributed by atoms with Crippen LogP contribution in [-0.4, -0.2) is 53.1 Å². The van der Waals surface area contributed by atoms with Gasteiger partial charge in [-0.2, -0.15) is 0 Å². The molecule has 0 spiro atoms. The second kappa shape index (κ2) is 9.51. The molecule has 2 aromatic rings. The number of hydrogen-bond donors (Lipinski definition) is 0. The minimum absolute atomic E-state index is 0.175. The first kappa shape index (κ1) is 23.2. The molecule has 0 amide bonds. The summed E-state index contributed by atoms with van der Waals surface area (Å²) in [5.74, 6) is 1.18. The molecule has 1 aromatic carbocycles. The molecule has 2 aliphatic heterocycles. The minimum atomic E-state index is -3.15. The summed E-state index contributed by atoms with van der Waals surface area (Å²) in [6.07, 6.45) is 4.20. The lowest BCUT2D eigenvalue weighted by Crippen LogP contribution is -2.39. The van der Waals surface area contributed by atoms with E-state index in [0.29, 0.717) is 38.6 Å². The largest absolute Gasteiger partial charge is 0.486 e. The van der Waals surface area contributed by atoms with Crippen molar-refractivity contribution in [3.8, 4) is 5.75 Å². The smallest absolute Gasteiger partial charge is 0.295 e. The average molecular weight is 481 g/mol. The summed E-state index contributed by atoms with van der Waals surface area (Å²) in [6, 6.07) is 5.95. The number of piperidine rings is 1. The Kier molecular flexibility index (Phi) is 6.90. The molecule has 2 aliphatic rings. The number of aromatic nitrogens is 2. The van der Waals surface area contributed by atoms with Gasteiger partial charge in [0.05, 0.1) is 25.6 Å². The molecule has 1 fully saturated rings. The van der Waals surface area contributed by atoms with Crippen molar-refractivity contribution in [2.45, 2.75) is 45.9 Å². The Balaban J connectivity index is 1.38. The first-order valence-electron chi connectivity index (χ1n) is 10.9. The van der Waals surface area contributed by atoms with Crippen LogP contribution in [0.1, 0.15) is 36.7 Å². The van der Waals surface area contributed by atoms with Crippen molar-refractivity contribution in [3.63, 3.8) is 0 Å². The molecule has 0 N–H and O–H groups in total. The maximum atomic E-state index is 13.0. The maximum Gasteiger partial charge on any atom is 0.295 e. The fourth-order valence-corrected chi connectivity index (χ4v) is 5.49. The second-order valence-corrected chi connectivity index (χ2v) is 11.0. The maximum absolute atomic E-state index is 13.0. The standard InChI is InChI=1S/C22H29ClN4O4S/c1-3-27-21(14-25-12-17-4-5-19(23)10-18(17)13-25)24-11-20(22(27)28)31-15-16-6-8-26(9-7-16)32(2,29)30/h4-5,10-11,16H,3,6-9,12-15H2,1-2H3. The van der Waals surface area contributed by atoms with Crippen molar-refractivity contribution >= 4 is 21.6 Å². The van der Waals surface area contributed by atoms with Crippen LogP contribution < -0.4 is 10.3 Å². The Morgan fingerprint density at radius 1 is 1.19 bits per heavy atom. The van der Waals surface area contributed by atoms with Crippen LogP contribution >= 0.6 is 11.6 Å². The lowest BCUT2D eigenvalue weighted by molar-refractivity contribution is 0.182. The number of hydrogen-bond acceptors (Lipinski definition) is 6. The Labute approximate surface area is 193 Å². The van der Waals surface area contributed by atoms with E-state index in [2.05, 4.69) is 16.0 Å². The van der Waals surface area contributed by atoms with Crippen molar-refractivity contribution in [1.29, 1.82) is 0 Å². The van der Waals surface area contributed by atoms with E-state index in [1.54, 1.807) is 4.57 Å². The molecule has 0 unspecified atom stereocenters. The molecule has 0 atom stereocenters. The van der Waals surface area contributed by atoms with Crippen LogP contribution in [0.2, 0.25) is 5.02 Å². The summed E-state index contributed by atoms with van der Waals surface area (Å²) in [5.41, 5.74) is 2.29. The van der Waals surface area contributed by atoms with Crippen molar-refractivity contribution in [1.82, 2.24) is 18.8 Å². The van der Waals surface area contributed by atoms with Gasteiger partial charge in [-0.05, 0) is 48.9 Å². The van der Waals surface area contributed by atoms with Gasteiger partial charge >= 0.3 is 0 Å². The Hall–Kier alpha value is -1.94. The molecule has 3 heterocycles. The Bertz CT molecular complexity index is 1140. The van der Waals surface area contributed by atoms with Crippen molar-refractivity contribution in [2.24, 2.45) is 5.92 Å². The quantitative estimate of drug-likeness (QED) is 0.605. The lowest BCUT2D eigenvalue weighted by Gasteiger charge is -2.30. The van der Waals surface area contributed by atoms with E-state index in [9.17, 15) is 13.2 Å². The molecule has 1 aromatic heterocycles. The molecule has 32 heavy (non-hydrogen) atoms. The molecule has 1 saturated heterocycles. The molecule has 0 aliphatic carbocycles. The van der Waals surface area contributed by atoms with Gasteiger partial charge in [0.2, 0.25) is 15.8 Å². The van der Waals surface area contributed by atoms with Gasteiger partial charge in [-0.15, -0.1) is 0 Å². The zero-order chi connectivity index (χ0) is 22.9. The molecule has 0 bridgehead atoms. The zero-order valence-corrected chi connectivity index (χ0v) is 20.0. The van der Waals surface area contributed by atoms with E-state index in [1.807, 2.05) is 19.1 Å². The van der Waals surface area contributed by atoms with Gasteiger partial charge in [0.25, 0.3) is 5.56 Å². The average Bonchev–Trinajstić information content (AvgIpc) is 3.14. The number of ether oxygens (including phenoxy) is 1. The number of nitrogens with zero attached hydrogens (tertiary/aromatic N) is 4. The van der Waals surface area contributed by atoms with Gasteiger partial charge in [-0.3, -0.25) is 14.3 Å². The third-order valence-electron chi connectivity index (χ3n) is 6.25. The molecule has 0 saturated carbocycles. The van der Waals surface area contributed by atoms with E-state index in [1.165, 1.54) is 27.9 Å². The van der Waals surface area contributed by atoms with Crippen LogP contribution in [0.25, 0.3) is 0 Å². The van der Waals surface area contributed by atoms with Gasteiger partial charge in [0, 0.05) is 37.7 Å². The van der Waals surface area contributed by atoms with Crippen molar-refractivity contribution in [2.75, 3.05) is 26.0 Å². The summed E-state index contributed by atoms with van der Waals surface area (Å²) in [4.78, 5) is 19.8. The number of fused-ring (bicyclic) bond motifs is 1. The van der Waals surface area contributed by atoms with Gasteiger partial charge in [0.15, 0.2) is 0 Å². The predicted molar refractivity (Wildman–Crippen MR) is 123 cm³/mol. The summed E-state index contributed by atoms with van der Waals surface area (Å²) in [6.45, 7) is 5.96. The summed E-state index contributed by atoms with van der Waals surface area (Å²) in [7, 11) is -3.15. The first-order valence-corrected chi connectivity index (χ1v) is 13.1. The van der Waals surface area contributed by atoms with E-state index in [-0.39, 0.29) is 17.2 Å². The zero-order valence-electron chi connectivity index (χ0n) is 18.5. The molecule has 8 nitrogen and oxygen atoms in total. The molecule has 174 valence electrons. The highest BCUT2D eigenvalue weighted by Crippen LogP contribution is 2.26. The highest BCUT2D eigenvalue weighted by molar-refractivity contribution is 7.88. The minimum Gasteiger partial charge on any atom is -0.486 e. The monoisotopic (exact) mass is 480 g/mol. The lowest BCUT2D eigenvalue weighted by atomic mass is 9.99. The van der Waals surface area contributed by atoms with Gasteiger partial charge < -0.3 is 4.74 Å². The number of rotatable bonds is 7. The highest BCUT2D eigenvalue weighted by atomic mass is 35.5. The van der Waals surface area contributed by atoms with Crippen LogP contribution in [0.3, 0.4) is 0 Å². The third-order valence-corrected chi connectivity index (χ3v) is 7.79.